The highest BCUT2D eigenvalue weighted by Gasteiger charge is 2.15. The number of aromatic nitrogens is 1. The molecule has 8 aromatic carbocycles. The lowest BCUT2D eigenvalue weighted by Gasteiger charge is -2.14. The second-order valence-corrected chi connectivity index (χ2v) is 13.8. The lowest BCUT2D eigenvalue weighted by Crippen LogP contribution is -1.91. The normalized spacial score (nSPS) is 11.7. The SMILES string of the molecule is c1ccc(-c2ccc3c(c2)c2ccc(-c4cccc(-c5cccc6c5sc5ccccc56)c4)nc2c2cc(-c4ccccc4)ccc32)cc1. The van der Waals surface area contributed by atoms with Crippen molar-refractivity contribution in [1.29, 1.82) is 0 Å². The molecule has 0 amide bonds. The summed E-state index contributed by atoms with van der Waals surface area (Å²) in [6, 6.07) is 63.7. The minimum atomic E-state index is 0.975. The maximum atomic E-state index is 5.50. The van der Waals surface area contributed by atoms with Crippen LogP contribution in [0, 0.1) is 0 Å². The highest BCUT2D eigenvalue weighted by molar-refractivity contribution is 7.26. The molecule has 10 aromatic rings. The van der Waals surface area contributed by atoms with Crippen molar-refractivity contribution in [2.24, 2.45) is 0 Å². The van der Waals surface area contributed by atoms with Crippen LogP contribution >= 0.6 is 11.3 Å². The maximum Gasteiger partial charge on any atom is 0.0794 e. The number of hydrogen-bond acceptors (Lipinski definition) is 2. The Morgan fingerprint density at radius 1 is 0.327 bits per heavy atom. The van der Waals surface area contributed by atoms with Crippen molar-refractivity contribution in [3.8, 4) is 44.6 Å². The van der Waals surface area contributed by atoms with Crippen molar-refractivity contribution in [2.45, 2.75) is 0 Å². The van der Waals surface area contributed by atoms with Gasteiger partial charge in [0.2, 0.25) is 0 Å². The Morgan fingerprint density at radius 3 is 1.69 bits per heavy atom. The van der Waals surface area contributed by atoms with E-state index in [1.54, 1.807) is 0 Å². The number of nitrogens with zero attached hydrogens (tertiary/aromatic N) is 1. The van der Waals surface area contributed by atoms with E-state index >= 15 is 0 Å². The zero-order valence-corrected chi connectivity index (χ0v) is 27.4. The van der Waals surface area contributed by atoms with E-state index in [0.29, 0.717) is 0 Å². The Balaban J connectivity index is 1.19. The van der Waals surface area contributed by atoms with Crippen molar-refractivity contribution in [3.63, 3.8) is 0 Å². The van der Waals surface area contributed by atoms with Crippen LogP contribution in [0.3, 0.4) is 0 Å². The Hall–Kier alpha value is -6.09. The Morgan fingerprint density at radius 2 is 0.918 bits per heavy atom. The van der Waals surface area contributed by atoms with Crippen LogP contribution in [0.4, 0.5) is 0 Å². The first kappa shape index (κ1) is 28.0. The van der Waals surface area contributed by atoms with E-state index in [1.165, 1.54) is 80.5 Å². The fourth-order valence-electron chi connectivity index (χ4n) is 7.46. The number of pyridine rings is 1. The van der Waals surface area contributed by atoms with Crippen LogP contribution in [0.5, 0.6) is 0 Å². The van der Waals surface area contributed by atoms with Gasteiger partial charge < -0.3 is 0 Å². The standard InChI is InChI=1S/C47H29NS/c1-3-11-30(12-4-1)32-21-23-37-38-24-22-33(31-13-5-2-6-14-31)29-43(38)46-40(42(37)28-32)25-26-44(48-46)35-16-9-15-34(27-35)36-18-10-19-41-39-17-7-8-20-45(39)49-47(36)41/h1-29H. The molecule has 0 aliphatic heterocycles. The van der Waals surface area contributed by atoms with Crippen LogP contribution in [0.1, 0.15) is 0 Å². The molecule has 0 radical (unpaired) electrons. The minimum Gasteiger partial charge on any atom is -0.247 e. The van der Waals surface area contributed by atoms with Gasteiger partial charge in [0.25, 0.3) is 0 Å². The molecule has 0 aliphatic carbocycles. The highest BCUT2D eigenvalue weighted by Crippen LogP contribution is 2.42. The Labute approximate surface area is 288 Å². The smallest absolute Gasteiger partial charge is 0.0794 e. The number of rotatable bonds is 4. The van der Waals surface area contributed by atoms with Crippen LogP contribution in [0.25, 0.3) is 97.3 Å². The van der Waals surface area contributed by atoms with Gasteiger partial charge in [0.1, 0.15) is 0 Å². The van der Waals surface area contributed by atoms with Crippen LogP contribution in [0.15, 0.2) is 176 Å². The van der Waals surface area contributed by atoms with Crippen molar-refractivity contribution in [2.75, 3.05) is 0 Å². The second-order valence-electron chi connectivity index (χ2n) is 12.7. The van der Waals surface area contributed by atoms with Crippen LogP contribution in [-0.4, -0.2) is 4.98 Å². The first-order valence-corrected chi connectivity index (χ1v) is 17.5. The summed E-state index contributed by atoms with van der Waals surface area (Å²) in [5.41, 5.74) is 10.4. The van der Waals surface area contributed by atoms with E-state index < -0.39 is 0 Å². The largest absolute Gasteiger partial charge is 0.247 e. The number of benzene rings is 8. The molecule has 49 heavy (non-hydrogen) atoms. The summed E-state index contributed by atoms with van der Waals surface area (Å²) in [5.74, 6) is 0. The topological polar surface area (TPSA) is 12.9 Å². The third-order valence-corrected chi connectivity index (χ3v) is 11.1. The molecule has 2 aromatic heterocycles. The molecule has 0 N–H and O–H groups in total. The van der Waals surface area contributed by atoms with Gasteiger partial charge in [-0.25, -0.2) is 4.98 Å². The van der Waals surface area contributed by atoms with E-state index in [2.05, 4.69) is 176 Å². The Bertz CT molecular complexity index is 2870. The van der Waals surface area contributed by atoms with Gasteiger partial charge in [0, 0.05) is 36.5 Å². The van der Waals surface area contributed by atoms with Crippen LogP contribution in [-0.2, 0) is 0 Å². The van der Waals surface area contributed by atoms with Gasteiger partial charge >= 0.3 is 0 Å². The molecule has 1 nitrogen and oxygen atoms in total. The van der Waals surface area contributed by atoms with Gasteiger partial charge in [-0.15, -0.1) is 11.3 Å². The van der Waals surface area contributed by atoms with E-state index in [-0.39, 0.29) is 0 Å². The molecule has 2 heteroatoms. The number of thiophene rings is 1. The van der Waals surface area contributed by atoms with Gasteiger partial charge in [-0.1, -0.05) is 140 Å². The maximum absolute atomic E-state index is 5.50. The Kier molecular flexibility index (Phi) is 6.43. The fourth-order valence-corrected chi connectivity index (χ4v) is 8.70. The second kappa shape index (κ2) is 11.3. The molecular formula is C47H29NS. The van der Waals surface area contributed by atoms with E-state index in [1.807, 2.05) is 11.3 Å². The summed E-state index contributed by atoms with van der Waals surface area (Å²) < 4.78 is 2.65. The van der Waals surface area contributed by atoms with Crippen molar-refractivity contribution in [1.82, 2.24) is 4.98 Å². The van der Waals surface area contributed by atoms with E-state index in [9.17, 15) is 0 Å². The molecule has 228 valence electrons. The monoisotopic (exact) mass is 639 g/mol. The van der Waals surface area contributed by atoms with Gasteiger partial charge in [-0.2, -0.15) is 0 Å². The number of fused-ring (bicyclic) bond motifs is 9. The summed E-state index contributed by atoms with van der Waals surface area (Å²) in [6.07, 6.45) is 0. The van der Waals surface area contributed by atoms with Crippen molar-refractivity contribution < 1.29 is 0 Å². The van der Waals surface area contributed by atoms with Gasteiger partial charge in [0.15, 0.2) is 0 Å². The van der Waals surface area contributed by atoms with Gasteiger partial charge in [-0.05, 0) is 85.9 Å². The van der Waals surface area contributed by atoms with Gasteiger partial charge in [0.05, 0.1) is 11.2 Å². The van der Waals surface area contributed by atoms with Crippen LogP contribution < -0.4 is 0 Å². The van der Waals surface area contributed by atoms with Crippen molar-refractivity contribution in [3.05, 3.63) is 176 Å². The third kappa shape index (κ3) is 4.64. The minimum absolute atomic E-state index is 0.975. The van der Waals surface area contributed by atoms with Gasteiger partial charge in [-0.3, -0.25) is 0 Å². The quantitative estimate of drug-likeness (QED) is 0.175. The summed E-state index contributed by atoms with van der Waals surface area (Å²) >= 11 is 1.87. The van der Waals surface area contributed by atoms with E-state index in [0.717, 1.165) is 16.8 Å². The van der Waals surface area contributed by atoms with Crippen LogP contribution in [0.2, 0.25) is 0 Å². The lowest BCUT2D eigenvalue weighted by atomic mass is 9.91. The predicted molar refractivity (Wildman–Crippen MR) is 211 cm³/mol. The first-order valence-electron chi connectivity index (χ1n) is 16.7. The molecule has 0 spiro atoms. The zero-order valence-electron chi connectivity index (χ0n) is 26.6. The molecular weight excluding hydrogens is 611 g/mol. The summed E-state index contributed by atoms with van der Waals surface area (Å²) in [7, 11) is 0. The summed E-state index contributed by atoms with van der Waals surface area (Å²) in [6.45, 7) is 0. The summed E-state index contributed by atoms with van der Waals surface area (Å²) in [4.78, 5) is 5.50. The molecule has 0 saturated heterocycles. The average Bonchev–Trinajstić information content (AvgIpc) is 3.57. The molecule has 0 unspecified atom stereocenters. The predicted octanol–water partition coefficient (Wildman–Crippen LogP) is 13.6. The van der Waals surface area contributed by atoms with Crippen molar-refractivity contribution >= 4 is 64.0 Å². The zero-order chi connectivity index (χ0) is 32.3. The first-order chi connectivity index (χ1) is 24.3. The molecule has 0 atom stereocenters. The number of hydrogen-bond donors (Lipinski definition) is 0. The summed E-state index contributed by atoms with van der Waals surface area (Å²) in [5, 5.41) is 8.66. The molecule has 0 fully saturated rings. The molecule has 10 rings (SSSR count). The van der Waals surface area contributed by atoms with E-state index in [4.69, 9.17) is 4.98 Å². The fraction of sp³-hybridized carbons (Fsp3) is 0. The lowest BCUT2D eigenvalue weighted by molar-refractivity contribution is 1.41. The molecule has 0 aliphatic rings. The molecule has 0 saturated carbocycles. The molecule has 2 heterocycles. The molecule has 0 bridgehead atoms. The highest BCUT2D eigenvalue weighted by atomic mass is 32.1. The average molecular weight is 640 g/mol. The third-order valence-electron chi connectivity index (χ3n) is 9.86.